The smallest absolute Gasteiger partial charge is 0.146 e. The summed E-state index contributed by atoms with van der Waals surface area (Å²) in [5.74, 6) is -0.247. The van der Waals surface area contributed by atoms with Crippen LogP contribution < -0.4 is 5.32 Å². The van der Waals surface area contributed by atoms with Gasteiger partial charge in [0.05, 0.1) is 5.69 Å². The summed E-state index contributed by atoms with van der Waals surface area (Å²) in [6.07, 6.45) is 0. The molecule has 0 radical (unpaired) electrons. The average Bonchev–Trinajstić information content (AvgIpc) is 1.96. The van der Waals surface area contributed by atoms with Gasteiger partial charge in [0.2, 0.25) is 0 Å². The van der Waals surface area contributed by atoms with E-state index in [0.717, 1.165) is 11.3 Å². The number of rotatable bonds is 2. The van der Waals surface area contributed by atoms with Crippen molar-refractivity contribution in [1.82, 2.24) is 0 Å². The highest BCUT2D eigenvalue weighted by Gasteiger charge is 2.00. The molecule has 0 spiro atoms. The predicted molar refractivity (Wildman–Crippen MR) is 49.6 cm³/mol. The van der Waals surface area contributed by atoms with Crippen molar-refractivity contribution in [3.05, 3.63) is 41.9 Å². The quantitative estimate of drug-likeness (QED) is 0.710. The molecule has 0 fully saturated rings. The second-order valence-corrected chi connectivity index (χ2v) is 2.89. The first-order valence-corrected chi connectivity index (χ1v) is 3.78. The van der Waals surface area contributed by atoms with Crippen LogP contribution in [0.3, 0.4) is 0 Å². The van der Waals surface area contributed by atoms with Gasteiger partial charge >= 0.3 is 0 Å². The highest BCUT2D eigenvalue weighted by Crippen LogP contribution is 2.16. The van der Waals surface area contributed by atoms with Gasteiger partial charge in [-0.1, -0.05) is 12.6 Å². The van der Waals surface area contributed by atoms with Crippen molar-refractivity contribution in [3.63, 3.8) is 0 Å². The maximum Gasteiger partial charge on any atom is 0.146 e. The molecule has 0 amide bonds. The Hall–Kier alpha value is -1.31. The third-order valence-electron chi connectivity index (χ3n) is 1.47. The zero-order valence-electron chi connectivity index (χ0n) is 7.32. The van der Waals surface area contributed by atoms with E-state index < -0.39 is 0 Å². The Bertz CT molecular complexity index is 305. The summed E-state index contributed by atoms with van der Waals surface area (Å²) in [5, 5.41) is 2.84. The summed E-state index contributed by atoms with van der Waals surface area (Å²) < 4.78 is 13.0. The van der Waals surface area contributed by atoms with Gasteiger partial charge in [-0.2, -0.15) is 0 Å². The molecule has 0 saturated carbocycles. The molecule has 0 unspecified atom stereocenters. The molecule has 1 rings (SSSR count). The minimum Gasteiger partial charge on any atom is -0.357 e. The van der Waals surface area contributed by atoms with Gasteiger partial charge in [-0.05, 0) is 31.5 Å². The predicted octanol–water partition coefficient (Wildman–Crippen LogP) is 3.08. The number of hydrogen-bond acceptors (Lipinski definition) is 1. The fourth-order valence-corrected chi connectivity index (χ4v) is 0.965. The molecule has 0 heterocycles. The molecule has 64 valence electrons. The molecular weight excluding hydrogens is 153 g/mol. The van der Waals surface area contributed by atoms with E-state index in [4.69, 9.17) is 0 Å². The van der Waals surface area contributed by atoms with Crippen LogP contribution >= 0.6 is 0 Å². The summed E-state index contributed by atoms with van der Waals surface area (Å²) in [6.45, 7) is 7.36. The second kappa shape index (κ2) is 3.39. The molecule has 0 aliphatic heterocycles. The van der Waals surface area contributed by atoms with Gasteiger partial charge in [0, 0.05) is 5.70 Å². The number of anilines is 1. The molecule has 12 heavy (non-hydrogen) atoms. The van der Waals surface area contributed by atoms with Gasteiger partial charge in [-0.15, -0.1) is 0 Å². The van der Waals surface area contributed by atoms with Crippen molar-refractivity contribution in [2.24, 2.45) is 0 Å². The van der Waals surface area contributed by atoms with Crippen LogP contribution in [0.4, 0.5) is 10.1 Å². The molecule has 2 heteroatoms. The lowest BCUT2D eigenvalue weighted by Crippen LogP contribution is -1.96. The van der Waals surface area contributed by atoms with Crippen LogP contribution in [0.5, 0.6) is 0 Å². The Balaban J connectivity index is 2.97. The van der Waals surface area contributed by atoms with Crippen LogP contribution in [-0.4, -0.2) is 0 Å². The molecule has 0 aromatic heterocycles. The molecule has 0 saturated heterocycles. The van der Waals surface area contributed by atoms with Gasteiger partial charge in [0.1, 0.15) is 5.82 Å². The summed E-state index contributed by atoms with van der Waals surface area (Å²) in [5.41, 5.74) is 2.25. The van der Waals surface area contributed by atoms with Gasteiger partial charge in [-0.25, -0.2) is 4.39 Å². The summed E-state index contributed by atoms with van der Waals surface area (Å²) >= 11 is 0. The molecule has 0 aliphatic carbocycles. The van der Waals surface area contributed by atoms with E-state index in [0.29, 0.717) is 5.69 Å². The van der Waals surface area contributed by atoms with Crippen LogP contribution in [-0.2, 0) is 0 Å². The molecule has 1 N–H and O–H groups in total. The zero-order chi connectivity index (χ0) is 9.14. The maximum absolute atomic E-state index is 13.0. The normalized spacial score (nSPS) is 9.58. The van der Waals surface area contributed by atoms with Crippen LogP contribution in [0, 0.1) is 12.7 Å². The van der Waals surface area contributed by atoms with E-state index in [2.05, 4.69) is 11.9 Å². The van der Waals surface area contributed by atoms with Crippen LogP contribution in [0.25, 0.3) is 0 Å². The Labute approximate surface area is 71.9 Å². The van der Waals surface area contributed by atoms with Crippen LogP contribution in [0.1, 0.15) is 12.5 Å². The maximum atomic E-state index is 13.0. The van der Waals surface area contributed by atoms with Crippen molar-refractivity contribution in [1.29, 1.82) is 0 Å². The highest BCUT2D eigenvalue weighted by molar-refractivity contribution is 5.50. The van der Waals surface area contributed by atoms with Crippen molar-refractivity contribution in [2.75, 3.05) is 5.32 Å². The summed E-state index contributed by atoms with van der Waals surface area (Å²) in [6, 6.07) is 4.93. The largest absolute Gasteiger partial charge is 0.357 e. The minimum absolute atomic E-state index is 0.247. The lowest BCUT2D eigenvalue weighted by atomic mass is 10.2. The molecular formula is C10H12FN. The molecule has 0 aliphatic rings. The van der Waals surface area contributed by atoms with Crippen LogP contribution in [0.2, 0.25) is 0 Å². The van der Waals surface area contributed by atoms with Gasteiger partial charge < -0.3 is 5.32 Å². The first-order valence-electron chi connectivity index (χ1n) is 3.78. The minimum atomic E-state index is -0.247. The standard InChI is InChI=1S/C10H12FN/c1-7(2)12-10-6-8(3)4-5-9(10)11/h4-6,12H,1H2,2-3H3. The summed E-state index contributed by atoms with van der Waals surface area (Å²) in [4.78, 5) is 0. The van der Waals surface area contributed by atoms with E-state index in [1.165, 1.54) is 6.07 Å². The average molecular weight is 165 g/mol. The number of nitrogens with one attached hydrogen (secondary N) is 1. The number of halogens is 1. The molecule has 0 atom stereocenters. The monoisotopic (exact) mass is 165 g/mol. The fourth-order valence-electron chi connectivity index (χ4n) is 0.965. The van der Waals surface area contributed by atoms with E-state index in [-0.39, 0.29) is 5.82 Å². The van der Waals surface area contributed by atoms with Crippen LogP contribution in [0.15, 0.2) is 30.5 Å². The van der Waals surface area contributed by atoms with Crippen molar-refractivity contribution >= 4 is 5.69 Å². The van der Waals surface area contributed by atoms with Gasteiger partial charge in [0.15, 0.2) is 0 Å². The molecule has 1 aromatic carbocycles. The Morgan fingerprint density at radius 1 is 1.50 bits per heavy atom. The lowest BCUT2D eigenvalue weighted by molar-refractivity contribution is 0.631. The third kappa shape index (κ3) is 2.09. The van der Waals surface area contributed by atoms with E-state index in [1.54, 1.807) is 19.1 Å². The number of benzene rings is 1. The van der Waals surface area contributed by atoms with E-state index in [9.17, 15) is 4.39 Å². The van der Waals surface area contributed by atoms with Crippen molar-refractivity contribution in [2.45, 2.75) is 13.8 Å². The second-order valence-electron chi connectivity index (χ2n) is 2.89. The molecule has 0 bridgehead atoms. The van der Waals surface area contributed by atoms with Crippen molar-refractivity contribution < 1.29 is 4.39 Å². The number of allylic oxidation sites excluding steroid dienone is 1. The first kappa shape index (κ1) is 8.78. The Morgan fingerprint density at radius 3 is 2.75 bits per heavy atom. The van der Waals surface area contributed by atoms with E-state index in [1.807, 2.05) is 6.92 Å². The topological polar surface area (TPSA) is 12.0 Å². The first-order chi connectivity index (χ1) is 5.59. The highest BCUT2D eigenvalue weighted by atomic mass is 19.1. The fraction of sp³-hybridized carbons (Fsp3) is 0.200. The summed E-state index contributed by atoms with van der Waals surface area (Å²) in [7, 11) is 0. The molecule has 1 aromatic rings. The SMILES string of the molecule is C=C(C)Nc1cc(C)ccc1F. The number of aryl methyl sites for hydroxylation is 1. The lowest BCUT2D eigenvalue weighted by Gasteiger charge is -2.06. The molecule has 1 nitrogen and oxygen atoms in total. The van der Waals surface area contributed by atoms with E-state index >= 15 is 0 Å². The Kier molecular flexibility index (Phi) is 2.48. The van der Waals surface area contributed by atoms with Crippen molar-refractivity contribution in [3.8, 4) is 0 Å². The zero-order valence-corrected chi connectivity index (χ0v) is 7.32. The third-order valence-corrected chi connectivity index (χ3v) is 1.47. The Morgan fingerprint density at radius 2 is 2.17 bits per heavy atom. The van der Waals surface area contributed by atoms with Gasteiger partial charge in [0.25, 0.3) is 0 Å². The van der Waals surface area contributed by atoms with Gasteiger partial charge in [-0.3, -0.25) is 0 Å². The number of hydrogen-bond donors (Lipinski definition) is 1.